The van der Waals surface area contributed by atoms with Crippen molar-refractivity contribution in [2.75, 3.05) is 0 Å². The van der Waals surface area contributed by atoms with Gasteiger partial charge in [0.2, 0.25) is 0 Å². The van der Waals surface area contributed by atoms with Gasteiger partial charge in [0.05, 0.1) is 17.4 Å². The molecule has 0 amide bonds. The maximum absolute atomic E-state index is 11.1. The minimum Gasteiger partial charge on any atom is -0.478 e. The van der Waals surface area contributed by atoms with E-state index in [9.17, 15) is 4.79 Å². The van der Waals surface area contributed by atoms with E-state index >= 15 is 0 Å². The Morgan fingerprint density at radius 1 is 1.39 bits per heavy atom. The van der Waals surface area contributed by atoms with Gasteiger partial charge in [0.1, 0.15) is 0 Å². The monoisotopic (exact) mass is 247 g/mol. The van der Waals surface area contributed by atoms with Gasteiger partial charge in [-0.25, -0.2) is 4.79 Å². The van der Waals surface area contributed by atoms with Crippen molar-refractivity contribution >= 4 is 5.97 Å². The Labute approximate surface area is 106 Å². The van der Waals surface area contributed by atoms with E-state index in [4.69, 9.17) is 5.11 Å². The highest BCUT2D eigenvalue weighted by Gasteiger charge is 2.16. The third-order valence-electron chi connectivity index (χ3n) is 3.04. The Bertz CT molecular complexity index is 593. The van der Waals surface area contributed by atoms with E-state index in [1.54, 1.807) is 12.3 Å². The molecular formula is C13H17N3O2. The largest absolute Gasteiger partial charge is 0.478 e. The van der Waals surface area contributed by atoms with Crippen molar-refractivity contribution in [2.45, 2.75) is 33.7 Å². The number of rotatable bonds is 3. The fourth-order valence-electron chi connectivity index (χ4n) is 2.10. The molecule has 0 spiro atoms. The second-order valence-corrected chi connectivity index (χ2v) is 4.70. The molecule has 0 saturated carbocycles. The minimum atomic E-state index is -0.898. The van der Waals surface area contributed by atoms with Crippen LogP contribution in [0, 0.1) is 13.8 Å². The normalized spacial score (nSPS) is 11.2. The van der Waals surface area contributed by atoms with Crippen LogP contribution in [0.2, 0.25) is 0 Å². The van der Waals surface area contributed by atoms with Crippen LogP contribution < -0.4 is 0 Å². The van der Waals surface area contributed by atoms with Crippen LogP contribution in [0.15, 0.2) is 18.5 Å². The van der Waals surface area contributed by atoms with Crippen molar-refractivity contribution in [1.82, 2.24) is 14.3 Å². The fourth-order valence-corrected chi connectivity index (χ4v) is 2.10. The summed E-state index contributed by atoms with van der Waals surface area (Å²) in [6.07, 6.45) is 3.68. The summed E-state index contributed by atoms with van der Waals surface area (Å²) in [4.78, 5) is 11.1. The second kappa shape index (κ2) is 4.33. The maximum atomic E-state index is 11.1. The standard InChI is InChI=1S/C13H17N3O2/c1-8(2)15-7-11(6-14-15)16-9(3)5-12(10(16)4)13(17)18/h5-8H,1-4H3,(H,17,18). The molecule has 0 atom stereocenters. The van der Waals surface area contributed by atoms with Crippen molar-refractivity contribution < 1.29 is 9.90 Å². The van der Waals surface area contributed by atoms with E-state index in [1.807, 2.05) is 29.3 Å². The third kappa shape index (κ3) is 1.92. The number of aryl methyl sites for hydroxylation is 1. The molecule has 5 nitrogen and oxygen atoms in total. The van der Waals surface area contributed by atoms with Crippen LogP contribution in [0.3, 0.4) is 0 Å². The highest BCUT2D eigenvalue weighted by atomic mass is 16.4. The van der Waals surface area contributed by atoms with E-state index in [2.05, 4.69) is 18.9 Å². The lowest BCUT2D eigenvalue weighted by Gasteiger charge is -2.07. The van der Waals surface area contributed by atoms with Gasteiger partial charge in [-0.05, 0) is 33.8 Å². The summed E-state index contributed by atoms with van der Waals surface area (Å²) in [5.74, 6) is -0.898. The number of carbonyl (C=O) groups is 1. The highest BCUT2D eigenvalue weighted by Crippen LogP contribution is 2.21. The Hall–Kier alpha value is -2.04. The first-order chi connectivity index (χ1) is 8.41. The molecule has 0 saturated heterocycles. The zero-order chi connectivity index (χ0) is 13.4. The summed E-state index contributed by atoms with van der Waals surface area (Å²) in [6.45, 7) is 7.80. The zero-order valence-corrected chi connectivity index (χ0v) is 11.0. The first-order valence-electron chi connectivity index (χ1n) is 5.88. The first kappa shape index (κ1) is 12.4. The number of hydrogen-bond donors (Lipinski definition) is 1. The maximum Gasteiger partial charge on any atom is 0.337 e. The molecule has 1 N–H and O–H groups in total. The van der Waals surface area contributed by atoms with Crippen molar-refractivity contribution in [2.24, 2.45) is 0 Å². The van der Waals surface area contributed by atoms with E-state index in [0.29, 0.717) is 5.56 Å². The fraction of sp³-hybridized carbons (Fsp3) is 0.385. The average Bonchev–Trinajstić information content (AvgIpc) is 2.83. The molecule has 0 aliphatic heterocycles. The number of carboxylic acids is 1. The molecule has 2 aromatic heterocycles. The second-order valence-electron chi connectivity index (χ2n) is 4.70. The number of nitrogens with zero attached hydrogens (tertiary/aromatic N) is 3. The average molecular weight is 247 g/mol. The van der Waals surface area contributed by atoms with Gasteiger partial charge >= 0.3 is 5.97 Å². The lowest BCUT2D eigenvalue weighted by atomic mass is 10.2. The lowest BCUT2D eigenvalue weighted by Crippen LogP contribution is -2.02. The Morgan fingerprint density at radius 3 is 2.50 bits per heavy atom. The smallest absolute Gasteiger partial charge is 0.337 e. The zero-order valence-electron chi connectivity index (χ0n) is 11.0. The van der Waals surface area contributed by atoms with E-state index in [1.165, 1.54) is 0 Å². The van der Waals surface area contributed by atoms with Gasteiger partial charge in [-0.3, -0.25) is 4.68 Å². The molecular weight excluding hydrogens is 230 g/mol. The molecule has 0 bridgehead atoms. The molecule has 5 heteroatoms. The molecule has 0 fully saturated rings. The number of aromatic nitrogens is 3. The van der Waals surface area contributed by atoms with Gasteiger partial charge in [0.15, 0.2) is 0 Å². The molecule has 0 radical (unpaired) electrons. The Kier molecular flexibility index (Phi) is 2.98. The topological polar surface area (TPSA) is 60.0 Å². The van der Waals surface area contributed by atoms with Gasteiger partial charge in [-0.1, -0.05) is 0 Å². The lowest BCUT2D eigenvalue weighted by molar-refractivity contribution is 0.0696. The number of aromatic carboxylic acids is 1. The van der Waals surface area contributed by atoms with Crippen LogP contribution in [-0.4, -0.2) is 25.4 Å². The Balaban J connectivity index is 2.53. The summed E-state index contributed by atoms with van der Waals surface area (Å²) >= 11 is 0. The molecule has 2 heterocycles. The number of hydrogen-bond acceptors (Lipinski definition) is 2. The summed E-state index contributed by atoms with van der Waals surface area (Å²) in [7, 11) is 0. The molecule has 0 unspecified atom stereocenters. The molecule has 2 rings (SSSR count). The van der Waals surface area contributed by atoms with Crippen LogP contribution in [0.1, 0.15) is 41.6 Å². The van der Waals surface area contributed by atoms with Gasteiger partial charge in [0.25, 0.3) is 0 Å². The highest BCUT2D eigenvalue weighted by molar-refractivity contribution is 5.89. The molecule has 0 aliphatic carbocycles. The molecule has 96 valence electrons. The third-order valence-corrected chi connectivity index (χ3v) is 3.04. The Morgan fingerprint density at radius 2 is 2.06 bits per heavy atom. The van der Waals surface area contributed by atoms with Gasteiger partial charge in [-0.15, -0.1) is 0 Å². The molecule has 2 aromatic rings. The predicted octanol–water partition coefficient (Wildman–Crippen LogP) is 2.57. The van der Waals surface area contributed by atoms with Crippen molar-refractivity contribution in [3.05, 3.63) is 35.4 Å². The minimum absolute atomic E-state index is 0.286. The molecule has 0 aromatic carbocycles. The van der Waals surface area contributed by atoms with Crippen molar-refractivity contribution in [3.8, 4) is 5.69 Å². The van der Waals surface area contributed by atoms with Crippen molar-refractivity contribution in [3.63, 3.8) is 0 Å². The van der Waals surface area contributed by atoms with Crippen LogP contribution in [0.25, 0.3) is 5.69 Å². The van der Waals surface area contributed by atoms with Crippen LogP contribution in [-0.2, 0) is 0 Å². The summed E-state index contributed by atoms with van der Waals surface area (Å²) in [5.41, 5.74) is 2.85. The van der Waals surface area contributed by atoms with Gasteiger partial charge in [0, 0.05) is 23.6 Å². The van der Waals surface area contributed by atoms with Crippen LogP contribution in [0.4, 0.5) is 0 Å². The van der Waals surface area contributed by atoms with E-state index in [0.717, 1.165) is 17.1 Å². The molecule has 0 aliphatic rings. The van der Waals surface area contributed by atoms with Crippen LogP contribution in [0.5, 0.6) is 0 Å². The van der Waals surface area contributed by atoms with Gasteiger partial charge in [-0.2, -0.15) is 5.10 Å². The van der Waals surface area contributed by atoms with E-state index in [-0.39, 0.29) is 6.04 Å². The SMILES string of the molecule is Cc1cc(C(=O)O)c(C)n1-c1cnn(C(C)C)c1. The number of carboxylic acid groups (broad SMARTS) is 1. The van der Waals surface area contributed by atoms with E-state index < -0.39 is 5.97 Å². The first-order valence-corrected chi connectivity index (χ1v) is 5.88. The predicted molar refractivity (Wildman–Crippen MR) is 68.4 cm³/mol. The van der Waals surface area contributed by atoms with Crippen LogP contribution >= 0.6 is 0 Å². The quantitative estimate of drug-likeness (QED) is 0.906. The summed E-state index contributed by atoms with van der Waals surface area (Å²) in [6, 6.07) is 1.97. The van der Waals surface area contributed by atoms with Gasteiger partial charge < -0.3 is 9.67 Å². The molecule has 18 heavy (non-hydrogen) atoms. The summed E-state index contributed by atoms with van der Waals surface area (Å²) < 4.78 is 3.77. The van der Waals surface area contributed by atoms with Crippen molar-refractivity contribution in [1.29, 1.82) is 0 Å². The summed E-state index contributed by atoms with van der Waals surface area (Å²) in [5, 5.41) is 13.4.